The average molecular weight is 347 g/mol. The van der Waals surface area contributed by atoms with E-state index in [0.717, 1.165) is 5.56 Å². The number of ether oxygens (including phenoxy) is 1. The normalized spacial score (nSPS) is 9.18. The summed E-state index contributed by atoms with van der Waals surface area (Å²) in [6.07, 6.45) is 0. The van der Waals surface area contributed by atoms with E-state index in [4.69, 9.17) is 4.74 Å². The predicted molar refractivity (Wildman–Crippen MR) is 64.9 cm³/mol. The Labute approximate surface area is 117 Å². The van der Waals surface area contributed by atoms with Gasteiger partial charge in [-0.15, -0.1) is 5.56 Å². The zero-order valence-corrected chi connectivity index (χ0v) is 13.8. The van der Waals surface area contributed by atoms with Crippen molar-refractivity contribution in [3.63, 3.8) is 0 Å². The minimum atomic E-state index is -0.287. The molecule has 0 unspecified atom stereocenters. The second-order valence-electron chi connectivity index (χ2n) is 3.13. The molecule has 0 saturated carbocycles. The van der Waals surface area contributed by atoms with Gasteiger partial charge in [0, 0.05) is 6.07 Å². The van der Waals surface area contributed by atoms with Crippen molar-refractivity contribution < 1.29 is 25.5 Å². The van der Waals surface area contributed by atoms with Crippen LogP contribution in [0.15, 0.2) is 48.5 Å². The van der Waals surface area contributed by atoms with E-state index in [1.54, 1.807) is 12.1 Å². The fourth-order valence-electron chi connectivity index (χ4n) is 1.24. The van der Waals surface area contributed by atoms with Crippen LogP contribution in [0, 0.1) is 11.9 Å². The van der Waals surface area contributed by atoms with Crippen LogP contribution in [0.25, 0.3) is 0 Å². The van der Waals surface area contributed by atoms with Crippen molar-refractivity contribution in [2.45, 2.75) is 6.61 Å². The van der Waals surface area contributed by atoms with Crippen molar-refractivity contribution in [3.8, 4) is 5.75 Å². The molecule has 0 aliphatic carbocycles. The summed E-state index contributed by atoms with van der Waals surface area (Å²) >= 11 is 4.25. The van der Waals surface area contributed by atoms with Crippen LogP contribution in [0.5, 0.6) is 5.75 Å². The van der Waals surface area contributed by atoms with Gasteiger partial charge in [-0.1, -0.05) is 6.07 Å². The van der Waals surface area contributed by atoms with Crippen molar-refractivity contribution in [1.29, 1.82) is 0 Å². The van der Waals surface area contributed by atoms with Crippen molar-refractivity contribution in [2.24, 2.45) is 0 Å². The maximum atomic E-state index is 12.8. The number of hydrogen-bond donors (Lipinski definition) is 0. The second kappa shape index (κ2) is 8.38. The molecule has 2 aromatic carbocycles. The first kappa shape index (κ1) is 14.3. The van der Waals surface area contributed by atoms with Gasteiger partial charge in [0.2, 0.25) is 0 Å². The average Bonchev–Trinajstić information content (AvgIpc) is 2.40. The summed E-state index contributed by atoms with van der Waals surface area (Å²) in [6.45, 7) is 0.407. The molecule has 0 atom stereocenters. The van der Waals surface area contributed by atoms with E-state index >= 15 is 0 Å². The van der Waals surface area contributed by atoms with Gasteiger partial charge in [-0.2, -0.15) is 30.3 Å². The third-order valence-corrected chi connectivity index (χ3v) is 1.96. The molecule has 4 heteroatoms. The predicted octanol–water partition coefficient (Wildman–Crippen LogP) is 4.05. The monoisotopic (exact) mass is 344 g/mol. The first-order valence-electron chi connectivity index (χ1n) is 4.95. The van der Waals surface area contributed by atoms with Crippen LogP contribution in [-0.4, -0.2) is 0 Å². The molecule has 0 spiro atoms. The molecule has 0 saturated heterocycles. The second-order valence-corrected chi connectivity index (χ2v) is 3.13. The van der Waals surface area contributed by atoms with Crippen LogP contribution >= 0.6 is 13.6 Å². The van der Waals surface area contributed by atoms with Crippen molar-refractivity contribution in [3.05, 3.63) is 66.0 Å². The summed E-state index contributed by atoms with van der Waals surface area (Å²) in [5.74, 6) is 0.247. The summed E-state index contributed by atoms with van der Waals surface area (Å²) < 4.78 is 18.2. The molecule has 0 amide bonds. The number of halogens is 2. The Hall–Kier alpha value is -0.727. The third kappa shape index (κ3) is 5.42. The van der Waals surface area contributed by atoms with Crippen LogP contribution in [0.2, 0.25) is 0 Å². The van der Waals surface area contributed by atoms with Crippen molar-refractivity contribution in [2.75, 3.05) is 0 Å². The maximum absolute atomic E-state index is 12.8. The Morgan fingerprint density at radius 3 is 2.65 bits per heavy atom. The third-order valence-electron chi connectivity index (χ3n) is 1.96. The van der Waals surface area contributed by atoms with E-state index in [1.807, 2.05) is 24.3 Å². The molecule has 0 bridgehead atoms. The van der Waals surface area contributed by atoms with Gasteiger partial charge < -0.3 is 4.74 Å². The van der Waals surface area contributed by atoms with Gasteiger partial charge in [0.1, 0.15) is 11.6 Å². The number of benzene rings is 2. The van der Waals surface area contributed by atoms with Crippen LogP contribution < -0.4 is 4.74 Å². The molecular formula is C13H10BrFOZn. The van der Waals surface area contributed by atoms with Gasteiger partial charge >= 0.3 is 30.0 Å². The molecule has 2 aromatic rings. The van der Waals surface area contributed by atoms with Gasteiger partial charge in [0.05, 0.1) is 6.61 Å². The summed E-state index contributed by atoms with van der Waals surface area (Å²) in [4.78, 5) is 0. The van der Waals surface area contributed by atoms with Gasteiger partial charge in [0.15, 0.2) is 0 Å². The zero-order chi connectivity index (χ0) is 12.5. The summed E-state index contributed by atoms with van der Waals surface area (Å²) in [6, 6.07) is 16.7. The Kier molecular flexibility index (Phi) is 7.06. The molecule has 0 aliphatic rings. The Morgan fingerprint density at radius 2 is 2.00 bits per heavy atom. The molecule has 1 nitrogen and oxygen atoms in total. The van der Waals surface area contributed by atoms with Crippen molar-refractivity contribution >= 4 is 13.6 Å². The molecule has 84 valence electrons. The van der Waals surface area contributed by atoms with E-state index in [9.17, 15) is 4.39 Å². The van der Waals surface area contributed by atoms with Crippen molar-refractivity contribution in [1.82, 2.24) is 0 Å². The SMILES string of the molecule is Fc1cccc(OCc2[c-]cccc2)c1.[Zn+][Br]. The summed E-state index contributed by atoms with van der Waals surface area (Å²) in [7, 11) is 0. The van der Waals surface area contributed by atoms with Crippen LogP contribution in [0.1, 0.15) is 5.56 Å². The molecule has 2 rings (SSSR count). The number of hydrogen-bond acceptors (Lipinski definition) is 1. The minimum absolute atomic E-state index is 0.287. The van der Waals surface area contributed by atoms with Crippen LogP contribution in [0.4, 0.5) is 4.39 Å². The zero-order valence-electron chi connectivity index (χ0n) is 9.20. The Balaban J connectivity index is 0.000000686. The summed E-state index contributed by atoms with van der Waals surface area (Å²) in [5.41, 5.74) is 0.946. The topological polar surface area (TPSA) is 9.23 Å². The van der Waals surface area contributed by atoms with E-state index in [0.29, 0.717) is 12.4 Å². The molecule has 0 radical (unpaired) electrons. The molecule has 0 aliphatic heterocycles. The van der Waals surface area contributed by atoms with E-state index in [2.05, 4.69) is 19.7 Å². The molecule has 0 fully saturated rings. The fraction of sp³-hybridized carbons (Fsp3) is 0.0769. The Bertz CT molecular complexity index is 436. The van der Waals surface area contributed by atoms with Gasteiger partial charge in [-0.05, 0) is 12.1 Å². The van der Waals surface area contributed by atoms with Crippen LogP contribution in [-0.2, 0) is 22.9 Å². The van der Waals surface area contributed by atoms with E-state index < -0.39 is 0 Å². The molecule has 0 aromatic heterocycles. The first-order valence-corrected chi connectivity index (χ1v) is 11.9. The fourth-order valence-corrected chi connectivity index (χ4v) is 1.24. The van der Waals surface area contributed by atoms with Gasteiger partial charge in [-0.3, -0.25) is 0 Å². The quantitative estimate of drug-likeness (QED) is 0.602. The van der Waals surface area contributed by atoms with Crippen LogP contribution in [0.3, 0.4) is 0 Å². The molecule has 0 N–H and O–H groups in total. The first-order chi connectivity index (χ1) is 8.34. The molecule has 17 heavy (non-hydrogen) atoms. The van der Waals surface area contributed by atoms with Gasteiger partial charge in [0.25, 0.3) is 0 Å². The summed E-state index contributed by atoms with van der Waals surface area (Å²) in [5, 5.41) is 0. The molecular weight excluding hydrogens is 336 g/mol. The standard InChI is InChI=1S/C13H10FO.BrH.Zn/c14-12-7-4-8-13(9-12)15-10-11-5-2-1-3-6-11;;/h1-5,7-9H,10H2;1H;/q-1;;+2/p-1. The van der Waals surface area contributed by atoms with E-state index in [-0.39, 0.29) is 5.82 Å². The molecule has 0 heterocycles. The number of rotatable bonds is 3. The Morgan fingerprint density at radius 1 is 1.18 bits per heavy atom. The van der Waals surface area contributed by atoms with E-state index in [1.165, 1.54) is 28.5 Å². The van der Waals surface area contributed by atoms with Gasteiger partial charge in [-0.25, -0.2) is 4.39 Å².